The maximum absolute atomic E-state index is 12.2. The number of benzene rings is 1. The third-order valence-corrected chi connectivity index (χ3v) is 3.49. The van der Waals surface area contributed by atoms with Crippen molar-refractivity contribution in [2.75, 3.05) is 51.5 Å². The van der Waals surface area contributed by atoms with Crippen LogP contribution in [0, 0.1) is 0 Å². The lowest BCUT2D eigenvalue weighted by molar-refractivity contribution is -0.140. The van der Waals surface area contributed by atoms with Gasteiger partial charge < -0.3 is 24.0 Å². The number of ether oxygens (including phenoxy) is 3. The molecule has 2 rings (SSSR count). The van der Waals surface area contributed by atoms with Crippen LogP contribution in [0.25, 0.3) is 0 Å². The smallest absolute Gasteiger partial charge is 0.355 e. The molecule has 0 bridgehead atoms. The van der Waals surface area contributed by atoms with Crippen LogP contribution >= 0.6 is 0 Å². The Morgan fingerprint density at radius 2 is 1.87 bits per heavy atom. The second-order valence-corrected chi connectivity index (χ2v) is 5.13. The fraction of sp³-hybridized carbons (Fsp3) is 0.375. The van der Waals surface area contributed by atoms with Crippen LogP contribution < -0.4 is 9.80 Å². The molecule has 1 aliphatic rings. The van der Waals surface area contributed by atoms with Crippen LogP contribution in [0.15, 0.2) is 35.5 Å². The van der Waals surface area contributed by atoms with Gasteiger partial charge in [0.25, 0.3) is 0 Å². The van der Waals surface area contributed by atoms with Crippen molar-refractivity contribution in [3.05, 3.63) is 35.5 Å². The van der Waals surface area contributed by atoms with Crippen molar-refractivity contribution in [2.45, 2.75) is 0 Å². The van der Waals surface area contributed by atoms with Gasteiger partial charge in [-0.1, -0.05) is 6.07 Å². The third-order valence-electron chi connectivity index (χ3n) is 3.49. The zero-order valence-electron chi connectivity index (χ0n) is 13.7. The van der Waals surface area contributed by atoms with Crippen LogP contribution in [-0.2, 0) is 23.8 Å². The van der Waals surface area contributed by atoms with Crippen molar-refractivity contribution in [3.8, 4) is 0 Å². The number of nitrogens with zero attached hydrogens (tertiary/aromatic N) is 2. The molecule has 0 saturated carbocycles. The van der Waals surface area contributed by atoms with Gasteiger partial charge in [0, 0.05) is 25.5 Å². The van der Waals surface area contributed by atoms with Gasteiger partial charge in [-0.2, -0.15) is 0 Å². The molecule has 0 atom stereocenters. The molecule has 0 fully saturated rings. The number of esters is 2. The van der Waals surface area contributed by atoms with Crippen molar-refractivity contribution in [1.29, 1.82) is 0 Å². The van der Waals surface area contributed by atoms with Gasteiger partial charge in [0.15, 0.2) is 0 Å². The first-order valence-electron chi connectivity index (χ1n) is 7.02. The van der Waals surface area contributed by atoms with Crippen molar-refractivity contribution < 1.29 is 23.8 Å². The summed E-state index contributed by atoms with van der Waals surface area (Å²) in [7, 11) is 6.37. The lowest BCUT2D eigenvalue weighted by atomic mass is 10.1. The Hall–Kier alpha value is -2.54. The molecule has 0 aromatic heterocycles. The first kappa shape index (κ1) is 16.8. The van der Waals surface area contributed by atoms with Gasteiger partial charge in [-0.15, -0.1) is 0 Å². The van der Waals surface area contributed by atoms with E-state index >= 15 is 0 Å². The minimum atomic E-state index is -0.612. The lowest BCUT2D eigenvalue weighted by Crippen LogP contribution is -2.38. The van der Waals surface area contributed by atoms with E-state index in [2.05, 4.69) is 0 Å². The van der Waals surface area contributed by atoms with E-state index in [9.17, 15) is 9.59 Å². The molecule has 7 heteroatoms. The first-order valence-corrected chi connectivity index (χ1v) is 7.02. The van der Waals surface area contributed by atoms with E-state index in [4.69, 9.17) is 14.2 Å². The number of carbonyl (C=O) groups excluding carboxylic acids is 2. The predicted molar refractivity (Wildman–Crippen MR) is 85.1 cm³/mol. The van der Waals surface area contributed by atoms with Crippen molar-refractivity contribution in [3.63, 3.8) is 0 Å². The number of methoxy groups -OCH3 is 2. The molecule has 1 aliphatic heterocycles. The monoisotopic (exact) mass is 320 g/mol. The van der Waals surface area contributed by atoms with Crippen LogP contribution in [0.5, 0.6) is 0 Å². The summed E-state index contributed by atoms with van der Waals surface area (Å²) in [6, 6.07) is 7.54. The maximum atomic E-state index is 12.2. The number of carbonyl (C=O) groups is 2. The fourth-order valence-electron chi connectivity index (χ4n) is 2.29. The molecule has 7 nitrogen and oxygen atoms in total. The van der Waals surface area contributed by atoms with E-state index in [1.165, 1.54) is 14.2 Å². The third kappa shape index (κ3) is 3.45. The normalized spacial score (nSPS) is 14.5. The Bertz CT molecular complexity index is 639. The molecular formula is C16H20N2O5. The Labute approximate surface area is 135 Å². The quantitative estimate of drug-likeness (QED) is 0.771. The average molecular weight is 320 g/mol. The molecule has 124 valence electrons. The highest BCUT2D eigenvalue weighted by Crippen LogP contribution is 2.29. The fourth-order valence-corrected chi connectivity index (χ4v) is 2.29. The van der Waals surface area contributed by atoms with Gasteiger partial charge in [0.2, 0.25) is 0 Å². The molecule has 1 aromatic carbocycles. The van der Waals surface area contributed by atoms with Crippen molar-refractivity contribution >= 4 is 23.3 Å². The number of anilines is 2. The summed E-state index contributed by atoms with van der Waals surface area (Å²) in [5, 5.41) is 0. The minimum absolute atomic E-state index is 0.000970. The first-order chi connectivity index (χ1) is 11.0. The SMILES string of the molecule is COC(=O)C1=C(C(=O)OC)N(c2cccc(N(C)C)c2)COC1. The summed E-state index contributed by atoms with van der Waals surface area (Å²) >= 11 is 0. The van der Waals surface area contributed by atoms with Crippen LogP contribution in [-0.4, -0.2) is 53.6 Å². The van der Waals surface area contributed by atoms with E-state index in [0.717, 1.165) is 11.4 Å². The van der Waals surface area contributed by atoms with E-state index in [0.29, 0.717) is 0 Å². The molecule has 0 spiro atoms. The van der Waals surface area contributed by atoms with Crippen molar-refractivity contribution in [1.82, 2.24) is 0 Å². The van der Waals surface area contributed by atoms with E-state index in [1.54, 1.807) is 4.90 Å². The van der Waals surface area contributed by atoms with Crippen LogP contribution in [0.2, 0.25) is 0 Å². The number of hydrogen-bond acceptors (Lipinski definition) is 7. The van der Waals surface area contributed by atoms with Gasteiger partial charge in [-0.3, -0.25) is 0 Å². The molecule has 0 amide bonds. The summed E-state index contributed by atoms with van der Waals surface area (Å²) < 4.78 is 15.0. The molecule has 1 aromatic rings. The van der Waals surface area contributed by atoms with Gasteiger partial charge in [-0.05, 0) is 18.2 Å². The number of rotatable bonds is 4. The molecular weight excluding hydrogens is 300 g/mol. The van der Waals surface area contributed by atoms with Gasteiger partial charge in [-0.25, -0.2) is 9.59 Å². The van der Waals surface area contributed by atoms with Crippen LogP contribution in [0.1, 0.15) is 0 Å². The molecule has 0 saturated heterocycles. The molecule has 23 heavy (non-hydrogen) atoms. The number of hydrogen-bond donors (Lipinski definition) is 0. The zero-order valence-corrected chi connectivity index (χ0v) is 13.7. The Kier molecular flexibility index (Phi) is 5.23. The topological polar surface area (TPSA) is 68.3 Å². The highest BCUT2D eigenvalue weighted by Gasteiger charge is 2.32. The molecule has 0 radical (unpaired) electrons. The predicted octanol–water partition coefficient (Wildman–Crippen LogP) is 1.15. The molecule has 1 heterocycles. The highest BCUT2D eigenvalue weighted by atomic mass is 16.5. The summed E-state index contributed by atoms with van der Waals surface area (Å²) in [5.41, 5.74) is 1.96. The molecule has 0 unspecified atom stereocenters. The summed E-state index contributed by atoms with van der Waals surface area (Å²) in [6.45, 7) is 0.142. The Morgan fingerprint density at radius 1 is 1.17 bits per heavy atom. The van der Waals surface area contributed by atoms with Crippen LogP contribution in [0.4, 0.5) is 11.4 Å². The largest absolute Gasteiger partial charge is 0.466 e. The second kappa shape index (κ2) is 7.15. The Morgan fingerprint density at radius 3 is 2.48 bits per heavy atom. The van der Waals surface area contributed by atoms with Crippen molar-refractivity contribution in [2.24, 2.45) is 0 Å². The zero-order chi connectivity index (χ0) is 17.0. The van der Waals surface area contributed by atoms with E-state index in [-0.39, 0.29) is 24.6 Å². The maximum Gasteiger partial charge on any atom is 0.355 e. The average Bonchev–Trinajstić information content (AvgIpc) is 2.59. The highest BCUT2D eigenvalue weighted by molar-refractivity contribution is 6.03. The minimum Gasteiger partial charge on any atom is -0.466 e. The summed E-state index contributed by atoms with van der Waals surface area (Å²) in [5.74, 6) is -1.22. The lowest BCUT2D eigenvalue weighted by Gasteiger charge is -2.31. The molecule has 0 aliphatic carbocycles. The van der Waals surface area contributed by atoms with Gasteiger partial charge in [0.1, 0.15) is 12.4 Å². The van der Waals surface area contributed by atoms with E-state index in [1.807, 2.05) is 43.3 Å². The van der Waals surface area contributed by atoms with Gasteiger partial charge >= 0.3 is 11.9 Å². The second-order valence-electron chi connectivity index (χ2n) is 5.13. The standard InChI is InChI=1S/C16H20N2O5/c1-17(2)11-6-5-7-12(8-11)18-10-23-9-13(15(19)21-3)14(18)16(20)22-4/h5-8H,9-10H2,1-4H3. The summed E-state index contributed by atoms with van der Waals surface area (Å²) in [6.07, 6.45) is 0. The Balaban J connectivity index is 2.53. The molecule has 0 N–H and O–H groups in total. The van der Waals surface area contributed by atoms with E-state index < -0.39 is 11.9 Å². The summed E-state index contributed by atoms with van der Waals surface area (Å²) in [4.78, 5) is 27.7. The van der Waals surface area contributed by atoms with Gasteiger partial charge in [0.05, 0.1) is 26.4 Å². The van der Waals surface area contributed by atoms with Crippen LogP contribution in [0.3, 0.4) is 0 Å².